The van der Waals surface area contributed by atoms with Gasteiger partial charge in [-0.25, -0.2) is 0 Å². The maximum Gasteiger partial charge on any atom is 0.292 e. The van der Waals surface area contributed by atoms with Crippen LogP contribution in [0.25, 0.3) is 0 Å². The molecule has 0 heterocycles. The van der Waals surface area contributed by atoms with Crippen LogP contribution in [0.2, 0.25) is 0 Å². The number of nitriles is 1. The molecule has 0 spiro atoms. The van der Waals surface area contributed by atoms with E-state index in [1.54, 1.807) is 30.3 Å². The fraction of sp³-hybridized carbons (Fsp3) is 0.111. The molecule has 0 aliphatic heterocycles. The van der Waals surface area contributed by atoms with E-state index >= 15 is 0 Å². The summed E-state index contributed by atoms with van der Waals surface area (Å²) in [5, 5.41) is 25.4. The van der Waals surface area contributed by atoms with E-state index in [0.29, 0.717) is 17.2 Å². The van der Waals surface area contributed by atoms with E-state index in [0.717, 1.165) is 0 Å². The van der Waals surface area contributed by atoms with Gasteiger partial charge in [0, 0.05) is 24.0 Å². The first-order valence-corrected chi connectivity index (χ1v) is 7.63. The lowest BCUT2D eigenvalue weighted by atomic mass is 10.2. The van der Waals surface area contributed by atoms with E-state index in [2.05, 4.69) is 10.6 Å². The Labute approximate surface area is 155 Å². The van der Waals surface area contributed by atoms with Crippen LogP contribution in [0, 0.1) is 21.4 Å². The summed E-state index contributed by atoms with van der Waals surface area (Å²) in [4.78, 5) is 22.6. The van der Waals surface area contributed by atoms with Crippen molar-refractivity contribution in [2.75, 3.05) is 24.9 Å². The summed E-state index contributed by atoms with van der Waals surface area (Å²) in [6.07, 6.45) is 1.20. The van der Waals surface area contributed by atoms with Gasteiger partial charge < -0.3 is 20.1 Å². The molecule has 9 nitrogen and oxygen atoms in total. The molecule has 27 heavy (non-hydrogen) atoms. The van der Waals surface area contributed by atoms with Crippen LogP contribution in [0.1, 0.15) is 0 Å². The van der Waals surface area contributed by atoms with Crippen molar-refractivity contribution in [3.63, 3.8) is 0 Å². The highest BCUT2D eigenvalue weighted by Gasteiger charge is 2.17. The number of carbonyl (C=O) groups excluding carboxylic acids is 1. The van der Waals surface area contributed by atoms with Gasteiger partial charge in [0.2, 0.25) is 0 Å². The molecule has 2 aromatic carbocycles. The molecule has 1 amide bonds. The van der Waals surface area contributed by atoms with Gasteiger partial charge in [0.15, 0.2) is 11.5 Å². The predicted octanol–water partition coefficient (Wildman–Crippen LogP) is 3.07. The van der Waals surface area contributed by atoms with Gasteiger partial charge in [-0.3, -0.25) is 14.9 Å². The Morgan fingerprint density at radius 1 is 1.19 bits per heavy atom. The number of benzene rings is 2. The predicted molar refractivity (Wildman–Crippen MR) is 98.6 cm³/mol. The van der Waals surface area contributed by atoms with Crippen LogP contribution >= 0.6 is 0 Å². The van der Waals surface area contributed by atoms with Crippen molar-refractivity contribution in [1.82, 2.24) is 0 Å². The number of amides is 1. The van der Waals surface area contributed by atoms with Crippen LogP contribution in [0.15, 0.2) is 54.2 Å². The standard InChI is InChI=1S/C18H16N4O5/c1-26-16-8-7-13(9-17(16)27-2)20-11-12(10-19)18(23)21-14-5-3-4-6-15(14)22(24)25/h3-9,11,20H,1-2H3,(H,21,23)/b12-11-. The van der Waals surface area contributed by atoms with Gasteiger partial charge in [0.05, 0.1) is 19.1 Å². The van der Waals surface area contributed by atoms with Gasteiger partial charge in [0.1, 0.15) is 17.3 Å². The smallest absolute Gasteiger partial charge is 0.292 e. The van der Waals surface area contributed by atoms with Crippen LogP contribution in [0.4, 0.5) is 17.1 Å². The maximum absolute atomic E-state index is 12.3. The number of nitrogens with zero attached hydrogens (tertiary/aromatic N) is 2. The summed E-state index contributed by atoms with van der Waals surface area (Å²) in [7, 11) is 2.99. The molecule has 0 saturated carbocycles. The third-order valence-electron chi connectivity index (χ3n) is 3.48. The molecule has 2 rings (SSSR count). The number of anilines is 2. The zero-order chi connectivity index (χ0) is 19.8. The highest BCUT2D eigenvalue weighted by molar-refractivity contribution is 6.07. The molecule has 0 atom stereocenters. The van der Waals surface area contributed by atoms with Crippen LogP contribution in [-0.2, 0) is 4.79 Å². The monoisotopic (exact) mass is 368 g/mol. The Morgan fingerprint density at radius 2 is 1.89 bits per heavy atom. The van der Waals surface area contributed by atoms with Gasteiger partial charge >= 0.3 is 0 Å². The number of nitro benzene ring substituents is 1. The summed E-state index contributed by atoms with van der Waals surface area (Å²) in [6.45, 7) is 0. The third kappa shape index (κ3) is 4.73. The van der Waals surface area contributed by atoms with Crippen LogP contribution in [-0.4, -0.2) is 25.1 Å². The molecule has 0 radical (unpaired) electrons. The second kappa shape index (κ2) is 8.87. The molecule has 2 N–H and O–H groups in total. The van der Waals surface area contributed by atoms with E-state index in [4.69, 9.17) is 9.47 Å². The minimum absolute atomic E-state index is 0.000216. The maximum atomic E-state index is 12.3. The van der Waals surface area contributed by atoms with Crippen molar-refractivity contribution in [3.8, 4) is 17.6 Å². The molecule has 0 fully saturated rings. The van der Waals surface area contributed by atoms with Crippen LogP contribution in [0.3, 0.4) is 0 Å². The second-order valence-corrected chi connectivity index (χ2v) is 5.11. The summed E-state index contributed by atoms with van der Waals surface area (Å²) < 4.78 is 10.3. The lowest BCUT2D eigenvalue weighted by Crippen LogP contribution is -2.15. The zero-order valence-electron chi connectivity index (χ0n) is 14.6. The first-order chi connectivity index (χ1) is 13.0. The number of hydrogen-bond donors (Lipinski definition) is 2. The number of nitro groups is 1. The normalized spacial score (nSPS) is 10.5. The zero-order valence-corrected chi connectivity index (χ0v) is 14.6. The van der Waals surface area contributed by atoms with Gasteiger partial charge in [0.25, 0.3) is 11.6 Å². The minimum atomic E-state index is -0.778. The Hall–Kier alpha value is -4.06. The van der Waals surface area contributed by atoms with Crippen molar-refractivity contribution in [1.29, 1.82) is 5.26 Å². The molecule has 0 aliphatic carbocycles. The van der Waals surface area contributed by atoms with Gasteiger partial charge in [-0.05, 0) is 18.2 Å². The molecule has 0 unspecified atom stereocenters. The molecule has 0 aliphatic rings. The van der Waals surface area contributed by atoms with E-state index in [9.17, 15) is 20.2 Å². The first-order valence-electron chi connectivity index (χ1n) is 7.63. The third-order valence-corrected chi connectivity index (χ3v) is 3.48. The largest absolute Gasteiger partial charge is 0.493 e. The Balaban J connectivity index is 2.18. The Bertz CT molecular complexity index is 934. The molecular weight excluding hydrogens is 352 g/mol. The lowest BCUT2D eigenvalue weighted by molar-refractivity contribution is -0.383. The second-order valence-electron chi connectivity index (χ2n) is 5.11. The molecule has 0 aromatic heterocycles. The topological polar surface area (TPSA) is 127 Å². The summed E-state index contributed by atoms with van der Waals surface area (Å²) in [6, 6.07) is 12.4. The van der Waals surface area contributed by atoms with Crippen molar-refractivity contribution in [2.24, 2.45) is 0 Å². The fourth-order valence-corrected chi connectivity index (χ4v) is 2.16. The number of rotatable bonds is 7. The molecule has 138 valence electrons. The summed E-state index contributed by atoms with van der Waals surface area (Å²) in [5.74, 6) is 0.222. The lowest BCUT2D eigenvalue weighted by Gasteiger charge is -2.10. The molecular formula is C18H16N4O5. The van der Waals surface area contributed by atoms with Crippen molar-refractivity contribution < 1.29 is 19.2 Å². The fourth-order valence-electron chi connectivity index (χ4n) is 2.16. The Kier molecular flexibility index (Phi) is 6.33. The SMILES string of the molecule is COc1ccc(N/C=C(/C#N)C(=O)Nc2ccccc2[N+](=O)[O-])cc1OC. The van der Waals surface area contributed by atoms with Crippen molar-refractivity contribution >= 4 is 23.0 Å². The number of hydrogen-bond acceptors (Lipinski definition) is 7. The molecule has 9 heteroatoms. The number of ether oxygens (including phenoxy) is 2. The quantitative estimate of drug-likeness (QED) is 0.333. The summed E-state index contributed by atoms with van der Waals surface area (Å²) >= 11 is 0. The molecule has 2 aromatic rings. The van der Waals surface area contributed by atoms with E-state index in [1.165, 1.54) is 38.6 Å². The van der Waals surface area contributed by atoms with Gasteiger partial charge in [-0.1, -0.05) is 12.1 Å². The van der Waals surface area contributed by atoms with Crippen molar-refractivity contribution in [2.45, 2.75) is 0 Å². The van der Waals surface area contributed by atoms with Crippen LogP contribution < -0.4 is 20.1 Å². The average Bonchev–Trinajstić information content (AvgIpc) is 2.68. The van der Waals surface area contributed by atoms with Gasteiger partial charge in [-0.2, -0.15) is 5.26 Å². The van der Waals surface area contributed by atoms with Gasteiger partial charge in [-0.15, -0.1) is 0 Å². The Morgan fingerprint density at radius 3 is 2.52 bits per heavy atom. The molecule has 0 saturated heterocycles. The number of nitrogens with one attached hydrogen (secondary N) is 2. The van der Waals surface area contributed by atoms with E-state index in [1.807, 2.05) is 0 Å². The minimum Gasteiger partial charge on any atom is -0.493 e. The number of methoxy groups -OCH3 is 2. The van der Waals surface area contributed by atoms with Crippen molar-refractivity contribution in [3.05, 3.63) is 64.4 Å². The highest BCUT2D eigenvalue weighted by Crippen LogP contribution is 2.30. The molecule has 0 bridgehead atoms. The van der Waals surface area contributed by atoms with Crippen LogP contribution in [0.5, 0.6) is 11.5 Å². The number of carbonyl (C=O) groups is 1. The average molecular weight is 368 g/mol. The highest BCUT2D eigenvalue weighted by atomic mass is 16.6. The van der Waals surface area contributed by atoms with E-state index in [-0.39, 0.29) is 16.9 Å². The summed E-state index contributed by atoms with van der Waals surface area (Å²) in [5.41, 5.74) is 0.0255. The van der Waals surface area contributed by atoms with E-state index < -0.39 is 10.8 Å². The number of para-hydroxylation sites is 2. The first kappa shape index (κ1) is 19.3.